The highest BCUT2D eigenvalue weighted by atomic mass is 32.1. The monoisotopic (exact) mass is 204 g/mol. The van der Waals surface area contributed by atoms with Gasteiger partial charge in [-0.3, -0.25) is 0 Å². The summed E-state index contributed by atoms with van der Waals surface area (Å²) >= 11 is 1.70. The van der Waals surface area contributed by atoms with Crippen LogP contribution < -0.4 is 0 Å². The van der Waals surface area contributed by atoms with Crippen molar-refractivity contribution in [3.8, 4) is 10.6 Å². The minimum atomic E-state index is 0.798. The van der Waals surface area contributed by atoms with E-state index in [0.29, 0.717) is 0 Å². The van der Waals surface area contributed by atoms with Crippen molar-refractivity contribution in [3.05, 3.63) is 47.6 Å². The first kappa shape index (κ1) is 9.28. The highest BCUT2D eigenvalue weighted by Crippen LogP contribution is 2.30. The highest BCUT2D eigenvalue weighted by molar-refractivity contribution is 7.13. The SMILES string of the molecule is C=CCc1cc(C)c(-c2cccs2)o1. The van der Waals surface area contributed by atoms with Crippen molar-refractivity contribution in [2.45, 2.75) is 13.3 Å². The number of thiophene rings is 1. The summed E-state index contributed by atoms with van der Waals surface area (Å²) in [6, 6.07) is 6.19. The number of allylic oxidation sites excluding steroid dienone is 1. The van der Waals surface area contributed by atoms with E-state index in [1.165, 1.54) is 10.4 Å². The largest absolute Gasteiger partial charge is 0.460 e. The van der Waals surface area contributed by atoms with Gasteiger partial charge in [0.25, 0.3) is 0 Å². The van der Waals surface area contributed by atoms with Gasteiger partial charge in [0.15, 0.2) is 0 Å². The van der Waals surface area contributed by atoms with Gasteiger partial charge in [-0.1, -0.05) is 12.1 Å². The van der Waals surface area contributed by atoms with Crippen molar-refractivity contribution < 1.29 is 4.42 Å². The molecule has 0 unspecified atom stereocenters. The molecule has 0 N–H and O–H groups in total. The molecule has 0 aliphatic rings. The lowest BCUT2D eigenvalue weighted by Crippen LogP contribution is -1.71. The van der Waals surface area contributed by atoms with Crippen molar-refractivity contribution in [2.24, 2.45) is 0 Å². The molecule has 0 fully saturated rings. The summed E-state index contributed by atoms with van der Waals surface area (Å²) in [5.41, 5.74) is 1.20. The van der Waals surface area contributed by atoms with Crippen molar-refractivity contribution in [3.63, 3.8) is 0 Å². The second-order valence-corrected chi connectivity index (χ2v) is 4.14. The van der Waals surface area contributed by atoms with Crippen LogP contribution in [0.1, 0.15) is 11.3 Å². The molecule has 0 atom stereocenters. The predicted octanol–water partition coefficient (Wildman–Crippen LogP) is 4.05. The zero-order valence-corrected chi connectivity index (χ0v) is 8.93. The van der Waals surface area contributed by atoms with Gasteiger partial charge in [0.1, 0.15) is 11.5 Å². The summed E-state index contributed by atoms with van der Waals surface area (Å²) in [7, 11) is 0. The molecule has 0 amide bonds. The highest BCUT2D eigenvalue weighted by Gasteiger charge is 2.09. The van der Waals surface area contributed by atoms with Crippen molar-refractivity contribution in [1.29, 1.82) is 0 Å². The molecular formula is C12H12OS. The molecule has 0 aliphatic heterocycles. The van der Waals surface area contributed by atoms with Crippen LogP contribution in [0.2, 0.25) is 0 Å². The Kier molecular flexibility index (Phi) is 2.55. The fourth-order valence-electron chi connectivity index (χ4n) is 1.44. The van der Waals surface area contributed by atoms with E-state index in [1.807, 2.05) is 12.1 Å². The Morgan fingerprint density at radius 1 is 1.57 bits per heavy atom. The first-order valence-electron chi connectivity index (χ1n) is 4.55. The van der Waals surface area contributed by atoms with Crippen LogP contribution in [0, 0.1) is 6.92 Å². The first-order valence-corrected chi connectivity index (χ1v) is 5.43. The lowest BCUT2D eigenvalue weighted by atomic mass is 10.2. The fourth-order valence-corrected chi connectivity index (χ4v) is 2.21. The quantitative estimate of drug-likeness (QED) is 0.687. The first-order chi connectivity index (χ1) is 6.81. The van der Waals surface area contributed by atoms with Gasteiger partial charge < -0.3 is 4.42 Å². The Labute approximate surface area is 87.7 Å². The third-order valence-electron chi connectivity index (χ3n) is 2.06. The van der Waals surface area contributed by atoms with Crippen molar-refractivity contribution >= 4 is 11.3 Å². The molecule has 0 aliphatic carbocycles. The number of hydrogen-bond acceptors (Lipinski definition) is 2. The summed E-state index contributed by atoms with van der Waals surface area (Å²) in [5.74, 6) is 1.98. The lowest BCUT2D eigenvalue weighted by Gasteiger charge is -1.92. The van der Waals surface area contributed by atoms with E-state index in [0.717, 1.165) is 17.9 Å². The summed E-state index contributed by atoms with van der Waals surface area (Å²) in [4.78, 5) is 1.19. The molecular weight excluding hydrogens is 192 g/mol. The summed E-state index contributed by atoms with van der Waals surface area (Å²) in [5, 5.41) is 2.06. The normalized spacial score (nSPS) is 10.4. The van der Waals surface area contributed by atoms with E-state index in [9.17, 15) is 0 Å². The van der Waals surface area contributed by atoms with Crippen LogP contribution >= 0.6 is 11.3 Å². The number of hydrogen-bond donors (Lipinski definition) is 0. The molecule has 2 heteroatoms. The van der Waals surface area contributed by atoms with E-state index in [2.05, 4.69) is 31.0 Å². The van der Waals surface area contributed by atoms with E-state index < -0.39 is 0 Å². The van der Waals surface area contributed by atoms with Gasteiger partial charge in [0.2, 0.25) is 0 Å². The van der Waals surface area contributed by atoms with E-state index in [-0.39, 0.29) is 0 Å². The Morgan fingerprint density at radius 3 is 3.07 bits per heavy atom. The molecule has 72 valence electrons. The van der Waals surface area contributed by atoms with Crippen LogP contribution in [0.5, 0.6) is 0 Å². The predicted molar refractivity (Wildman–Crippen MR) is 60.7 cm³/mol. The van der Waals surface area contributed by atoms with Gasteiger partial charge >= 0.3 is 0 Å². The van der Waals surface area contributed by atoms with Crippen molar-refractivity contribution in [1.82, 2.24) is 0 Å². The van der Waals surface area contributed by atoms with Crippen LogP contribution in [0.15, 0.2) is 40.7 Å². The number of aryl methyl sites for hydroxylation is 1. The summed E-state index contributed by atoms with van der Waals surface area (Å²) in [6.45, 7) is 5.77. The van der Waals surface area contributed by atoms with Gasteiger partial charge in [0.05, 0.1) is 4.88 Å². The van der Waals surface area contributed by atoms with Gasteiger partial charge in [-0.2, -0.15) is 0 Å². The second kappa shape index (κ2) is 3.84. The van der Waals surface area contributed by atoms with Crippen LogP contribution in [-0.4, -0.2) is 0 Å². The lowest BCUT2D eigenvalue weighted by molar-refractivity contribution is 0.537. The Hall–Kier alpha value is -1.28. The van der Waals surface area contributed by atoms with E-state index in [1.54, 1.807) is 11.3 Å². The Balaban J connectivity index is 2.39. The molecule has 14 heavy (non-hydrogen) atoms. The van der Waals surface area contributed by atoms with Crippen LogP contribution in [-0.2, 0) is 6.42 Å². The Morgan fingerprint density at radius 2 is 2.43 bits per heavy atom. The fraction of sp³-hybridized carbons (Fsp3) is 0.167. The molecule has 0 aromatic carbocycles. The third-order valence-corrected chi connectivity index (χ3v) is 2.93. The summed E-state index contributed by atoms with van der Waals surface area (Å²) in [6.07, 6.45) is 2.66. The van der Waals surface area contributed by atoms with Gasteiger partial charge in [-0.25, -0.2) is 0 Å². The standard InChI is InChI=1S/C12H12OS/c1-3-5-10-8-9(2)12(13-10)11-6-4-7-14-11/h3-4,6-8H,1,5H2,2H3. The molecule has 1 nitrogen and oxygen atoms in total. The summed E-state index contributed by atoms with van der Waals surface area (Å²) < 4.78 is 5.74. The molecule has 2 heterocycles. The molecule has 0 bridgehead atoms. The average molecular weight is 204 g/mol. The maximum absolute atomic E-state index is 5.74. The number of rotatable bonds is 3. The van der Waals surface area contributed by atoms with Gasteiger partial charge in [0, 0.05) is 6.42 Å². The average Bonchev–Trinajstić information content (AvgIpc) is 2.74. The number of furan rings is 1. The van der Waals surface area contributed by atoms with Gasteiger partial charge in [-0.15, -0.1) is 17.9 Å². The topological polar surface area (TPSA) is 13.1 Å². The molecule has 0 saturated heterocycles. The van der Waals surface area contributed by atoms with Crippen LogP contribution in [0.4, 0.5) is 0 Å². The Bertz CT molecular complexity index is 423. The molecule has 0 saturated carbocycles. The smallest absolute Gasteiger partial charge is 0.147 e. The molecule has 0 spiro atoms. The molecule has 2 rings (SSSR count). The minimum absolute atomic E-state index is 0.798. The van der Waals surface area contributed by atoms with Crippen LogP contribution in [0.25, 0.3) is 10.6 Å². The second-order valence-electron chi connectivity index (χ2n) is 3.19. The molecule has 2 aromatic rings. The third kappa shape index (κ3) is 1.66. The maximum Gasteiger partial charge on any atom is 0.147 e. The van der Waals surface area contributed by atoms with E-state index in [4.69, 9.17) is 4.42 Å². The molecule has 2 aromatic heterocycles. The minimum Gasteiger partial charge on any atom is -0.460 e. The van der Waals surface area contributed by atoms with Crippen molar-refractivity contribution in [2.75, 3.05) is 0 Å². The van der Waals surface area contributed by atoms with Crippen LogP contribution in [0.3, 0.4) is 0 Å². The van der Waals surface area contributed by atoms with E-state index >= 15 is 0 Å². The van der Waals surface area contributed by atoms with Gasteiger partial charge in [-0.05, 0) is 30.0 Å². The zero-order valence-electron chi connectivity index (χ0n) is 8.12. The zero-order chi connectivity index (χ0) is 9.97. The maximum atomic E-state index is 5.74. The molecule has 0 radical (unpaired) electrons.